The predicted molar refractivity (Wildman–Crippen MR) is 113 cm³/mol. The van der Waals surface area contributed by atoms with Crippen LogP contribution in [0.3, 0.4) is 0 Å². The highest BCUT2D eigenvalue weighted by molar-refractivity contribution is 6.02. The van der Waals surface area contributed by atoms with Gasteiger partial charge >= 0.3 is 0 Å². The zero-order chi connectivity index (χ0) is 20.2. The van der Waals surface area contributed by atoms with E-state index in [1.807, 2.05) is 48.5 Å². The fourth-order valence-electron chi connectivity index (χ4n) is 3.23. The second-order valence-electron chi connectivity index (χ2n) is 6.56. The molecule has 4 aromatic rings. The van der Waals surface area contributed by atoms with Crippen LogP contribution in [0.25, 0.3) is 10.9 Å². The normalized spacial score (nSPS) is 10.6. The number of amides is 1. The van der Waals surface area contributed by atoms with Gasteiger partial charge in [-0.05, 0) is 29.8 Å². The van der Waals surface area contributed by atoms with E-state index in [9.17, 15) is 14.7 Å². The SMILES string of the molecule is O=C(NNc1ccccc1)c1c(O)c2ccccc2n(Cc2ccccc2)c1=O. The van der Waals surface area contributed by atoms with Crippen molar-refractivity contribution in [2.75, 3.05) is 5.43 Å². The average molecular weight is 385 g/mol. The number of carbonyl (C=O) groups is 1. The van der Waals surface area contributed by atoms with Crippen LogP contribution in [0.5, 0.6) is 5.75 Å². The quantitative estimate of drug-likeness (QED) is 0.459. The third-order valence-corrected chi connectivity index (χ3v) is 4.65. The first-order valence-electron chi connectivity index (χ1n) is 9.15. The van der Waals surface area contributed by atoms with Gasteiger partial charge in [-0.15, -0.1) is 0 Å². The number of rotatable bonds is 5. The Morgan fingerprint density at radius 3 is 2.21 bits per heavy atom. The maximum absolute atomic E-state index is 13.2. The van der Waals surface area contributed by atoms with Gasteiger partial charge < -0.3 is 9.67 Å². The van der Waals surface area contributed by atoms with Crippen LogP contribution in [0.15, 0.2) is 89.7 Å². The smallest absolute Gasteiger partial charge is 0.279 e. The van der Waals surface area contributed by atoms with Gasteiger partial charge in [0.1, 0.15) is 11.3 Å². The van der Waals surface area contributed by atoms with Gasteiger partial charge in [0.15, 0.2) is 0 Å². The summed E-state index contributed by atoms with van der Waals surface area (Å²) < 4.78 is 1.50. The molecule has 0 aliphatic rings. The molecule has 0 aliphatic carbocycles. The third kappa shape index (κ3) is 3.68. The van der Waals surface area contributed by atoms with E-state index in [0.29, 0.717) is 16.6 Å². The van der Waals surface area contributed by atoms with Crippen LogP contribution in [0, 0.1) is 0 Å². The van der Waals surface area contributed by atoms with Gasteiger partial charge in [0.2, 0.25) is 0 Å². The Balaban J connectivity index is 1.77. The van der Waals surface area contributed by atoms with E-state index in [-0.39, 0.29) is 17.9 Å². The van der Waals surface area contributed by atoms with E-state index in [4.69, 9.17) is 0 Å². The van der Waals surface area contributed by atoms with Crippen molar-refractivity contribution in [3.8, 4) is 5.75 Å². The molecule has 0 aliphatic heterocycles. The maximum Gasteiger partial charge on any atom is 0.279 e. The first-order valence-corrected chi connectivity index (χ1v) is 9.15. The molecule has 0 unspecified atom stereocenters. The van der Waals surface area contributed by atoms with Crippen molar-refractivity contribution in [3.63, 3.8) is 0 Å². The van der Waals surface area contributed by atoms with Crippen molar-refractivity contribution in [1.82, 2.24) is 9.99 Å². The molecule has 6 nitrogen and oxygen atoms in total. The Kier molecular flexibility index (Phi) is 4.99. The maximum atomic E-state index is 13.2. The van der Waals surface area contributed by atoms with E-state index >= 15 is 0 Å². The molecule has 0 saturated heterocycles. The van der Waals surface area contributed by atoms with Crippen molar-refractivity contribution in [2.45, 2.75) is 6.54 Å². The minimum atomic E-state index is -0.705. The van der Waals surface area contributed by atoms with Crippen LogP contribution < -0.4 is 16.4 Å². The van der Waals surface area contributed by atoms with Crippen molar-refractivity contribution in [2.24, 2.45) is 0 Å². The van der Waals surface area contributed by atoms with Gasteiger partial charge in [-0.3, -0.25) is 20.4 Å². The van der Waals surface area contributed by atoms with Gasteiger partial charge in [-0.25, -0.2) is 0 Å². The van der Waals surface area contributed by atoms with E-state index < -0.39 is 11.5 Å². The predicted octanol–water partition coefficient (Wildman–Crippen LogP) is 3.51. The first-order chi connectivity index (χ1) is 14.1. The molecule has 1 amide bonds. The van der Waals surface area contributed by atoms with Crippen LogP contribution >= 0.6 is 0 Å². The Morgan fingerprint density at radius 2 is 1.48 bits per heavy atom. The van der Waals surface area contributed by atoms with Crippen LogP contribution in [-0.2, 0) is 6.54 Å². The number of carbonyl (C=O) groups excluding carboxylic acids is 1. The number of hydrazine groups is 1. The Hall–Kier alpha value is -4.06. The number of aromatic hydroxyl groups is 1. The summed E-state index contributed by atoms with van der Waals surface area (Å²) in [6.45, 7) is 0.285. The third-order valence-electron chi connectivity index (χ3n) is 4.65. The van der Waals surface area contributed by atoms with Gasteiger partial charge in [0.05, 0.1) is 17.7 Å². The van der Waals surface area contributed by atoms with Crippen LogP contribution in [0.1, 0.15) is 15.9 Å². The fraction of sp³-hybridized carbons (Fsp3) is 0.0435. The molecule has 0 radical (unpaired) electrons. The number of hydrogen-bond donors (Lipinski definition) is 3. The lowest BCUT2D eigenvalue weighted by atomic mass is 10.1. The monoisotopic (exact) mass is 385 g/mol. The number of aromatic nitrogens is 1. The molecule has 0 saturated carbocycles. The minimum absolute atomic E-state index is 0.285. The van der Waals surface area contributed by atoms with Gasteiger partial charge in [0, 0.05) is 5.39 Å². The van der Waals surface area contributed by atoms with Gasteiger partial charge in [-0.1, -0.05) is 60.7 Å². The number of pyridine rings is 1. The van der Waals surface area contributed by atoms with Crippen molar-refractivity contribution < 1.29 is 9.90 Å². The Bertz CT molecular complexity index is 1220. The number of para-hydroxylation sites is 2. The molecule has 29 heavy (non-hydrogen) atoms. The molecule has 0 bridgehead atoms. The molecule has 6 heteroatoms. The van der Waals surface area contributed by atoms with Crippen molar-refractivity contribution in [3.05, 3.63) is 106 Å². The first kappa shape index (κ1) is 18.3. The van der Waals surface area contributed by atoms with Gasteiger partial charge in [0.25, 0.3) is 11.5 Å². The lowest BCUT2D eigenvalue weighted by Crippen LogP contribution is -2.36. The fourth-order valence-corrected chi connectivity index (χ4v) is 3.23. The molecule has 3 aromatic carbocycles. The zero-order valence-electron chi connectivity index (χ0n) is 15.5. The summed E-state index contributed by atoms with van der Waals surface area (Å²) >= 11 is 0. The lowest BCUT2D eigenvalue weighted by Gasteiger charge is -2.15. The number of anilines is 1. The van der Waals surface area contributed by atoms with Crippen molar-refractivity contribution in [1.29, 1.82) is 0 Å². The van der Waals surface area contributed by atoms with E-state index in [1.54, 1.807) is 36.4 Å². The second-order valence-corrected chi connectivity index (χ2v) is 6.56. The van der Waals surface area contributed by atoms with Crippen LogP contribution in [0.4, 0.5) is 5.69 Å². The molecule has 144 valence electrons. The highest BCUT2D eigenvalue weighted by atomic mass is 16.3. The molecular formula is C23H19N3O3. The Labute approximate surface area is 167 Å². The minimum Gasteiger partial charge on any atom is -0.506 e. The number of hydrogen-bond acceptors (Lipinski definition) is 4. The lowest BCUT2D eigenvalue weighted by molar-refractivity contribution is 0.0958. The summed E-state index contributed by atoms with van der Waals surface area (Å²) in [4.78, 5) is 25.9. The summed E-state index contributed by atoms with van der Waals surface area (Å²) in [6.07, 6.45) is 0. The van der Waals surface area contributed by atoms with Crippen LogP contribution in [0.2, 0.25) is 0 Å². The molecule has 1 heterocycles. The largest absolute Gasteiger partial charge is 0.506 e. The summed E-state index contributed by atoms with van der Waals surface area (Å²) in [5, 5.41) is 11.1. The summed E-state index contributed by atoms with van der Waals surface area (Å²) in [7, 11) is 0. The van der Waals surface area contributed by atoms with E-state index in [0.717, 1.165) is 5.56 Å². The Morgan fingerprint density at radius 1 is 0.862 bits per heavy atom. The number of fused-ring (bicyclic) bond motifs is 1. The molecule has 4 rings (SSSR count). The zero-order valence-corrected chi connectivity index (χ0v) is 15.5. The van der Waals surface area contributed by atoms with E-state index in [1.165, 1.54) is 4.57 Å². The average Bonchev–Trinajstić information content (AvgIpc) is 2.77. The van der Waals surface area contributed by atoms with E-state index in [2.05, 4.69) is 10.9 Å². The topological polar surface area (TPSA) is 83.4 Å². The molecule has 0 fully saturated rings. The van der Waals surface area contributed by atoms with Crippen LogP contribution in [-0.4, -0.2) is 15.6 Å². The number of benzene rings is 3. The molecular weight excluding hydrogens is 366 g/mol. The number of nitrogens with zero attached hydrogens (tertiary/aromatic N) is 1. The highest BCUT2D eigenvalue weighted by Crippen LogP contribution is 2.26. The molecule has 0 atom stereocenters. The second kappa shape index (κ2) is 7.90. The standard InChI is InChI=1S/C23H19N3O3/c27-21-18-13-7-8-14-19(18)26(15-16-9-3-1-4-10-16)23(29)20(21)22(28)25-24-17-11-5-2-6-12-17/h1-14,24,27H,15H2,(H,25,28). The summed E-state index contributed by atoms with van der Waals surface area (Å²) in [6, 6.07) is 25.5. The molecule has 3 N–H and O–H groups in total. The molecule has 1 aromatic heterocycles. The van der Waals surface area contributed by atoms with Crippen molar-refractivity contribution >= 4 is 22.5 Å². The van der Waals surface area contributed by atoms with Gasteiger partial charge in [-0.2, -0.15) is 0 Å². The number of nitrogens with one attached hydrogen (secondary N) is 2. The summed E-state index contributed by atoms with van der Waals surface area (Å²) in [5.41, 5.74) is 6.52. The highest BCUT2D eigenvalue weighted by Gasteiger charge is 2.22. The molecule has 0 spiro atoms. The summed E-state index contributed by atoms with van der Waals surface area (Å²) in [5.74, 6) is -1.04.